The van der Waals surface area contributed by atoms with E-state index in [0.29, 0.717) is 23.7 Å². The van der Waals surface area contributed by atoms with Crippen LogP contribution in [0.15, 0.2) is 48.5 Å². The third-order valence-electron chi connectivity index (χ3n) is 4.51. The van der Waals surface area contributed by atoms with Crippen LogP contribution in [-0.2, 0) is 6.61 Å². The van der Waals surface area contributed by atoms with Gasteiger partial charge >= 0.3 is 0 Å². The lowest BCUT2D eigenvalue weighted by Crippen LogP contribution is -2.44. The first-order chi connectivity index (χ1) is 11.2. The standard InChI is InChI=1S/C20H26O3Si/c1-20(2,3)24(4,5)23-19-13-17(14-21)11-12-18(19)22-15-16-9-7-6-8-10-16/h6-14H,15H2,1-5H3. The summed E-state index contributed by atoms with van der Waals surface area (Å²) >= 11 is 0. The fourth-order valence-corrected chi connectivity index (χ4v) is 2.98. The first-order valence-corrected chi connectivity index (χ1v) is 11.1. The maximum atomic E-state index is 11.1. The molecule has 24 heavy (non-hydrogen) atoms. The number of hydrogen-bond acceptors (Lipinski definition) is 3. The normalized spacial score (nSPS) is 11.9. The molecule has 2 aromatic carbocycles. The van der Waals surface area contributed by atoms with Gasteiger partial charge in [0, 0.05) is 5.56 Å². The summed E-state index contributed by atoms with van der Waals surface area (Å²) in [5.74, 6) is 1.33. The van der Waals surface area contributed by atoms with E-state index in [1.807, 2.05) is 36.4 Å². The van der Waals surface area contributed by atoms with Gasteiger partial charge in [0.15, 0.2) is 5.75 Å². The van der Waals surface area contributed by atoms with Gasteiger partial charge in [0.2, 0.25) is 0 Å². The Morgan fingerprint density at radius 2 is 1.67 bits per heavy atom. The molecule has 0 unspecified atom stereocenters. The van der Waals surface area contributed by atoms with E-state index in [2.05, 4.69) is 33.9 Å². The predicted molar refractivity (Wildman–Crippen MR) is 100 cm³/mol. The van der Waals surface area contributed by atoms with Crippen LogP contribution in [0.2, 0.25) is 18.1 Å². The van der Waals surface area contributed by atoms with Crippen LogP contribution >= 0.6 is 0 Å². The highest BCUT2D eigenvalue weighted by molar-refractivity contribution is 6.74. The Morgan fingerprint density at radius 3 is 2.25 bits per heavy atom. The minimum absolute atomic E-state index is 0.0703. The van der Waals surface area contributed by atoms with Crippen LogP contribution < -0.4 is 9.16 Å². The Bertz CT molecular complexity index is 688. The Hall–Kier alpha value is -2.07. The SMILES string of the molecule is CC(C)(C)[Si](C)(C)Oc1cc(C=O)ccc1OCc1ccccc1. The van der Waals surface area contributed by atoms with Gasteiger partial charge in [-0.2, -0.15) is 0 Å². The van der Waals surface area contributed by atoms with E-state index >= 15 is 0 Å². The number of benzene rings is 2. The van der Waals surface area contributed by atoms with E-state index in [4.69, 9.17) is 9.16 Å². The molecule has 4 heteroatoms. The smallest absolute Gasteiger partial charge is 0.250 e. The van der Waals surface area contributed by atoms with Gasteiger partial charge < -0.3 is 9.16 Å². The van der Waals surface area contributed by atoms with Crippen molar-refractivity contribution in [2.24, 2.45) is 0 Å². The number of rotatable bonds is 6. The number of carbonyl (C=O) groups is 1. The van der Waals surface area contributed by atoms with Gasteiger partial charge in [-0.15, -0.1) is 0 Å². The third-order valence-corrected chi connectivity index (χ3v) is 8.85. The molecule has 128 valence electrons. The van der Waals surface area contributed by atoms with Crippen molar-refractivity contribution in [1.82, 2.24) is 0 Å². The zero-order valence-corrected chi connectivity index (χ0v) is 16.1. The summed E-state index contributed by atoms with van der Waals surface area (Å²) in [6.07, 6.45) is 0.833. The molecule has 0 spiro atoms. The number of hydrogen-bond donors (Lipinski definition) is 0. The molecular formula is C20H26O3Si. The highest BCUT2D eigenvalue weighted by atomic mass is 28.4. The summed E-state index contributed by atoms with van der Waals surface area (Å²) in [4.78, 5) is 11.1. The average molecular weight is 343 g/mol. The van der Waals surface area contributed by atoms with Gasteiger partial charge in [-0.25, -0.2) is 0 Å². The molecule has 0 heterocycles. The molecule has 0 fully saturated rings. The molecule has 3 nitrogen and oxygen atoms in total. The fourth-order valence-electron chi connectivity index (χ4n) is 1.96. The minimum atomic E-state index is -2.02. The molecule has 0 saturated carbocycles. The van der Waals surface area contributed by atoms with E-state index in [1.165, 1.54) is 0 Å². The van der Waals surface area contributed by atoms with Crippen LogP contribution in [0.25, 0.3) is 0 Å². The van der Waals surface area contributed by atoms with Crippen molar-refractivity contribution in [3.05, 3.63) is 59.7 Å². The van der Waals surface area contributed by atoms with E-state index < -0.39 is 8.32 Å². The van der Waals surface area contributed by atoms with E-state index in [0.717, 1.165) is 11.8 Å². The van der Waals surface area contributed by atoms with Crippen LogP contribution in [0.4, 0.5) is 0 Å². The minimum Gasteiger partial charge on any atom is -0.541 e. The molecule has 0 aliphatic carbocycles. The quantitative estimate of drug-likeness (QED) is 0.516. The van der Waals surface area contributed by atoms with Crippen molar-refractivity contribution in [2.45, 2.75) is 45.5 Å². The topological polar surface area (TPSA) is 35.5 Å². The van der Waals surface area contributed by atoms with Crippen molar-refractivity contribution in [3.63, 3.8) is 0 Å². The Balaban J connectivity index is 2.26. The lowest BCUT2D eigenvalue weighted by Gasteiger charge is -2.36. The van der Waals surface area contributed by atoms with Crippen LogP contribution in [0.3, 0.4) is 0 Å². The second-order valence-corrected chi connectivity index (χ2v) is 12.2. The highest BCUT2D eigenvalue weighted by Crippen LogP contribution is 2.40. The summed E-state index contributed by atoms with van der Waals surface area (Å²) in [6.45, 7) is 11.4. The maximum Gasteiger partial charge on any atom is 0.250 e. The first kappa shape index (κ1) is 18.3. The predicted octanol–water partition coefficient (Wildman–Crippen LogP) is 5.46. The molecule has 0 atom stereocenters. The molecule has 0 radical (unpaired) electrons. The molecule has 0 saturated heterocycles. The van der Waals surface area contributed by atoms with Crippen LogP contribution in [0, 0.1) is 0 Å². The summed E-state index contributed by atoms with van der Waals surface area (Å²) in [5.41, 5.74) is 1.69. The molecule has 2 aromatic rings. The lowest BCUT2D eigenvalue weighted by atomic mass is 10.2. The summed E-state index contributed by atoms with van der Waals surface area (Å²) < 4.78 is 12.3. The molecule has 2 rings (SSSR count). The zero-order valence-electron chi connectivity index (χ0n) is 15.1. The van der Waals surface area contributed by atoms with Crippen molar-refractivity contribution < 1.29 is 14.0 Å². The average Bonchev–Trinajstić information content (AvgIpc) is 2.53. The van der Waals surface area contributed by atoms with Crippen molar-refractivity contribution in [1.29, 1.82) is 0 Å². The molecule has 0 N–H and O–H groups in total. The Kier molecular flexibility index (Phi) is 5.50. The molecule has 0 aliphatic heterocycles. The van der Waals surface area contributed by atoms with Crippen LogP contribution in [-0.4, -0.2) is 14.6 Å². The van der Waals surface area contributed by atoms with Gasteiger partial charge in [-0.3, -0.25) is 4.79 Å². The Labute approximate surface area is 145 Å². The number of ether oxygens (including phenoxy) is 1. The largest absolute Gasteiger partial charge is 0.541 e. The van der Waals surface area contributed by atoms with Crippen LogP contribution in [0.1, 0.15) is 36.7 Å². The van der Waals surface area contributed by atoms with Gasteiger partial charge in [-0.1, -0.05) is 51.1 Å². The molecule has 0 aliphatic rings. The van der Waals surface area contributed by atoms with E-state index in [-0.39, 0.29) is 5.04 Å². The van der Waals surface area contributed by atoms with Gasteiger partial charge in [0.1, 0.15) is 18.6 Å². The summed E-state index contributed by atoms with van der Waals surface area (Å²) in [5, 5.41) is 0.0703. The van der Waals surface area contributed by atoms with Crippen molar-refractivity contribution in [3.8, 4) is 11.5 Å². The number of carbonyl (C=O) groups excluding carboxylic acids is 1. The molecular weight excluding hydrogens is 316 g/mol. The summed E-state index contributed by atoms with van der Waals surface area (Å²) in [7, 11) is -2.02. The Morgan fingerprint density at radius 1 is 1.00 bits per heavy atom. The monoisotopic (exact) mass is 342 g/mol. The number of aldehydes is 1. The zero-order chi connectivity index (χ0) is 17.8. The molecule has 0 aromatic heterocycles. The van der Waals surface area contributed by atoms with E-state index in [9.17, 15) is 4.79 Å². The highest BCUT2D eigenvalue weighted by Gasteiger charge is 2.39. The molecule has 0 bridgehead atoms. The van der Waals surface area contributed by atoms with Crippen LogP contribution in [0.5, 0.6) is 11.5 Å². The van der Waals surface area contributed by atoms with Gasteiger partial charge in [0.25, 0.3) is 8.32 Å². The van der Waals surface area contributed by atoms with Gasteiger partial charge in [-0.05, 0) is 41.9 Å². The lowest BCUT2D eigenvalue weighted by molar-refractivity contribution is 0.112. The second-order valence-electron chi connectivity index (χ2n) is 7.46. The first-order valence-electron chi connectivity index (χ1n) is 8.18. The van der Waals surface area contributed by atoms with Crippen molar-refractivity contribution in [2.75, 3.05) is 0 Å². The van der Waals surface area contributed by atoms with Gasteiger partial charge in [0.05, 0.1) is 0 Å². The third kappa shape index (κ3) is 4.48. The van der Waals surface area contributed by atoms with Crippen molar-refractivity contribution >= 4 is 14.6 Å². The van der Waals surface area contributed by atoms with E-state index in [1.54, 1.807) is 12.1 Å². The summed E-state index contributed by atoms with van der Waals surface area (Å²) in [6, 6.07) is 15.3. The second kappa shape index (κ2) is 7.22. The molecule has 0 amide bonds. The maximum absolute atomic E-state index is 11.1. The fraction of sp³-hybridized carbons (Fsp3) is 0.350.